The lowest BCUT2D eigenvalue weighted by Crippen LogP contribution is -2.05. The van der Waals surface area contributed by atoms with Gasteiger partial charge in [0.1, 0.15) is 5.82 Å². The summed E-state index contributed by atoms with van der Waals surface area (Å²) in [4.78, 5) is 7.86. The minimum absolute atomic E-state index is 0.139. The van der Waals surface area contributed by atoms with E-state index in [1.165, 1.54) is 7.11 Å². The van der Waals surface area contributed by atoms with Crippen molar-refractivity contribution in [3.05, 3.63) is 35.0 Å². The van der Waals surface area contributed by atoms with Gasteiger partial charge in [0.05, 0.1) is 20.8 Å². The molecular weight excluding hydrogens is 272 g/mol. The summed E-state index contributed by atoms with van der Waals surface area (Å²) in [7, 11) is 3.08. The van der Waals surface area contributed by atoms with E-state index in [1.54, 1.807) is 13.3 Å². The van der Waals surface area contributed by atoms with Crippen LogP contribution in [0, 0.1) is 0 Å². The van der Waals surface area contributed by atoms with Crippen molar-refractivity contribution in [1.29, 1.82) is 0 Å². The van der Waals surface area contributed by atoms with Gasteiger partial charge >= 0.3 is 0 Å². The van der Waals surface area contributed by atoms with Crippen LogP contribution < -0.4 is 20.9 Å². The number of rotatable bonds is 5. The van der Waals surface area contributed by atoms with E-state index in [1.807, 2.05) is 12.1 Å². The molecule has 0 unspecified atom stereocenters. The predicted molar refractivity (Wildman–Crippen MR) is 79.1 cm³/mol. The van der Waals surface area contributed by atoms with Gasteiger partial charge in [0.2, 0.25) is 5.95 Å². The van der Waals surface area contributed by atoms with Gasteiger partial charge in [0, 0.05) is 23.7 Å². The highest BCUT2D eigenvalue weighted by Crippen LogP contribution is 2.33. The summed E-state index contributed by atoms with van der Waals surface area (Å²) in [6.07, 6.45) is 2.09. The Kier molecular flexibility index (Phi) is 4.44. The zero-order valence-electron chi connectivity index (χ0n) is 12.0. The first-order chi connectivity index (χ1) is 10.1. The van der Waals surface area contributed by atoms with Crippen LogP contribution in [0.4, 0.5) is 11.8 Å². The average molecular weight is 290 g/mol. The monoisotopic (exact) mass is 290 g/mol. The third-order valence-corrected chi connectivity index (χ3v) is 3.10. The van der Waals surface area contributed by atoms with Crippen LogP contribution in [-0.4, -0.2) is 29.3 Å². The van der Waals surface area contributed by atoms with Crippen LogP contribution in [0.15, 0.2) is 18.3 Å². The van der Waals surface area contributed by atoms with Gasteiger partial charge in [-0.05, 0) is 17.7 Å². The third kappa shape index (κ3) is 3.14. The van der Waals surface area contributed by atoms with E-state index in [9.17, 15) is 5.11 Å². The van der Waals surface area contributed by atoms with E-state index in [-0.39, 0.29) is 12.6 Å². The standard InChI is InChI=1S/C14H18N4O3/c1-20-11-5-8(4-10(7-19)12(11)21-2)3-9-6-17-14(16)18-13(9)15/h4-6,19H,3,7H2,1-2H3,(H4,15,16,17,18). The number of hydrogen-bond donors (Lipinski definition) is 3. The number of benzene rings is 1. The highest BCUT2D eigenvalue weighted by atomic mass is 16.5. The first kappa shape index (κ1) is 14.9. The quantitative estimate of drug-likeness (QED) is 0.743. The molecule has 0 amide bonds. The molecule has 0 saturated carbocycles. The van der Waals surface area contributed by atoms with Crippen molar-refractivity contribution in [2.75, 3.05) is 25.7 Å². The second-order valence-electron chi connectivity index (χ2n) is 4.46. The number of nitrogens with zero attached hydrogens (tertiary/aromatic N) is 2. The van der Waals surface area contributed by atoms with E-state index >= 15 is 0 Å². The molecule has 0 radical (unpaired) electrons. The number of anilines is 2. The molecule has 0 aliphatic heterocycles. The molecule has 0 saturated heterocycles. The van der Waals surface area contributed by atoms with Gasteiger partial charge in [-0.2, -0.15) is 4.98 Å². The Morgan fingerprint density at radius 1 is 1.14 bits per heavy atom. The van der Waals surface area contributed by atoms with Crippen LogP contribution in [0.25, 0.3) is 0 Å². The number of aliphatic hydroxyl groups excluding tert-OH is 1. The van der Waals surface area contributed by atoms with Gasteiger partial charge in [0.15, 0.2) is 11.5 Å². The Hall–Kier alpha value is -2.54. The number of hydrogen-bond acceptors (Lipinski definition) is 7. The smallest absolute Gasteiger partial charge is 0.221 e. The van der Waals surface area contributed by atoms with E-state index in [4.69, 9.17) is 20.9 Å². The summed E-state index contributed by atoms with van der Waals surface area (Å²) in [5, 5.41) is 9.45. The van der Waals surface area contributed by atoms with Crippen molar-refractivity contribution in [2.24, 2.45) is 0 Å². The minimum Gasteiger partial charge on any atom is -0.493 e. The lowest BCUT2D eigenvalue weighted by molar-refractivity contribution is 0.269. The molecule has 0 aliphatic carbocycles. The first-order valence-electron chi connectivity index (χ1n) is 6.30. The van der Waals surface area contributed by atoms with E-state index in [2.05, 4.69) is 9.97 Å². The highest BCUT2D eigenvalue weighted by molar-refractivity contribution is 5.52. The first-order valence-corrected chi connectivity index (χ1v) is 6.30. The van der Waals surface area contributed by atoms with Crippen molar-refractivity contribution < 1.29 is 14.6 Å². The van der Waals surface area contributed by atoms with Crippen LogP contribution >= 0.6 is 0 Å². The summed E-state index contributed by atoms with van der Waals surface area (Å²) >= 11 is 0. The summed E-state index contributed by atoms with van der Waals surface area (Å²) in [5.74, 6) is 1.54. The van der Waals surface area contributed by atoms with Crippen molar-refractivity contribution in [1.82, 2.24) is 9.97 Å². The minimum atomic E-state index is -0.152. The molecule has 112 valence electrons. The lowest BCUT2D eigenvalue weighted by atomic mass is 10.0. The van der Waals surface area contributed by atoms with Gasteiger partial charge in [0.25, 0.3) is 0 Å². The predicted octanol–water partition coefficient (Wildman–Crippen LogP) is 0.741. The van der Waals surface area contributed by atoms with Crippen molar-refractivity contribution in [3.63, 3.8) is 0 Å². The maximum atomic E-state index is 9.45. The largest absolute Gasteiger partial charge is 0.493 e. The molecule has 0 spiro atoms. The van der Waals surface area contributed by atoms with E-state index in [0.717, 1.165) is 11.1 Å². The Morgan fingerprint density at radius 3 is 2.48 bits per heavy atom. The second-order valence-corrected chi connectivity index (χ2v) is 4.46. The number of ether oxygens (including phenoxy) is 2. The number of aliphatic hydroxyl groups is 1. The normalized spacial score (nSPS) is 10.4. The maximum Gasteiger partial charge on any atom is 0.221 e. The topological polar surface area (TPSA) is 117 Å². The van der Waals surface area contributed by atoms with Crippen LogP contribution in [0.1, 0.15) is 16.7 Å². The van der Waals surface area contributed by atoms with Crippen LogP contribution in [0.5, 0.6) is 11.5 Å². The van der Waals surface area contributed by atoms with Crippen LogP contribution in [0.3, 0.4) is 0 Å². The lowest BCUT2D eigenvalue weighted by Gasteiger charge is -2.14. The second kappa shape index (κ2) is 6.27. The number of methoxy groups -OCH3 is 2. The zero-order chi connectivity index (χ0) is 15.4. The molecule has 0 atom stereocenters. The van der Waals surface area contributed by atoms with Crippen LogP contribution in [-0.2, 0) is 13.0 Å². The summed E-state index contributed by atoms with van der Waals surface area (Å²) in [6.45, 7) is -0.152. The molecule has 2 aromatic rings. The molecule has 21 heavy (non-hydrogen) atoms. The fourth-order valence-electron chi connectivity index (χ4n) is 2.12. The Balaban J connectivity index is 2.40. The molecule has 7 heteroatoms. The molecule has 0 fully saturated rings. The maximum absolute atomic E-state index is 9.45. The molecule has 1 heterocycles. The van der Waals surface area contributed by atoms with E-state index in [0.29, 0.717) is 29.3 Å². The van der Waals surface area contributed by atoms with Gasteiger partial charge in [-0.15, -0.1) is 0 Å². The SMILES string of the molecule is COc1cc(Cc2cnc(N)nc2N)cc(CO)c1OC. The summed E-state index contributed by atoms with van der Waals surface area (Å²) in [5.41, 5.74) is 13.6. The van der Waals surface area contributed by atoms with Gasteiger partial charge in [-0.25, -0.2) is 4.98 Å². The van der Waals surface area contributed by atoms with Crippen molar-refractivity contribution in [2.45, 2.75) is 13.0 Å². The average Bonchev–Trinajstić information content (AvgIpc) is 2.49. The Morgan fingerprint density at radius 2 is 1.90 bits per heavy atom. The highest BCUT2D eigenvalue weighted by Gasteiger charge is 2.13. The van der Waals surface area contributed by atoms with Crippen molar-refractivity contribution >= 4 is 11.8 Å². The fourth-order valence-corrected chi connectivity index (χ4v) is 2.12. The van der Waals surface area contributed by atoms with Gasteiger partial charge in [-0.1, -0.05) is 0 Å². The summed E-state index contributed by atoms with van der Waals surface area (Å²) in [6, 6.07) is 3.66. The number of nitrogen functional groups attached to an aromatic ring is 2. The molecule has 5 N–H and O–H groups in total. The molecule has 1 aromatic heterocycles. The third-order valence-electron chi connectivity index (χ3n) is 3.10. The van der Waals surface area contributed by atoms with Crippen LogP contribution in [0.2, 0.25) is 0 Å². The Labute approximate surface area is 122 Å². The molecule has 1 aromatic carbocycles. The number of aromatic nitrogens is 2. The zero-order valence-corrected chi connectivity index (χ0v) is 12.0. The Bertz CT molecular complexity index is 621. The molecule has 7 nitrogen and oxygen atoms in total. The molecular formula is C14H18N4O3. The molecule has 0 bridgehead atoms. The van der Waals surface area contributed by atoms with Gasteiger partial charge in [-0.3, -0.25) is 0 Å². The van der Waals surface area contributed by atoms with Gasteiger partial charge < -0.3 is 26.0 Å². The molecule has 0 aliphatic rings. The van der Waals surface area contributed by atoms with Crippen molar-refractivity contribution in [3.8, 4) is 11.5 Å². The fraction of sp³-hybridized carbons (Fsp3) is 0.286. The van der Waals surface area contributed by atoms with E-state index < -0.39 is 0 Å². The number of nitrogens with two attached hydrogens (primary N) is 2. The molecule has 2 rings (SSSR count). The summed E-state index contributed by atoms with van der Waals surface area (Å²) < 4.78 is 10.5.